The number of methoxy groups -OCH3 is 1. The third-order valence-corrected chi connectivity index (χ3v) is 4.64. The molecule has 5 heteroatoms. The fourth-order valence-electron chi connectivity index (χ4n) is 2.10. The molecule has 0 saturated heterocycles. The zero-order valence-corrected chi connectivity index (χ0v) is 13.3. The Labute approximate surface area is 132 Å². The fraction of sp³-hybridized carbons (Fsp3) is 0.188. The molecular weight excluding hydrogens is 306 g/mol. The predicted molar refractivity (Wildman–Crippen MR) is 85.4 cm³/mol. The maximum Gasteiger partial charge on any atom is 0.254 e. The Morgan fingerprint density at radius 1 is 1.24 bits per heavy atom. The molecule has 3 nitrogen and oxygen atoms in total. The normalized spacial score (nSPS) is 10.8. The highest BCUT2D eigenvalue weighted by molar-refractivity contribution is 7.15. The van der Waals surface area contributed by atoms with Crippen molar-refractivity contribution in [2.24, 2.45) is 0 Å². The van der Waals surface area contributed by atoms with Crippen molar-refractivity contribution < 1.29 is 9.26 Å². The number of aryl methyl sites for hydroxylation is 1. The minimum absolute atomic E-state index is 0.488. The van der Waals surface area contributed by atoms with Crippen molar-refractivity contribution >= 4 is 22.9 Å². The molecule has 3 aromatic rings. The summed E-state index contributed by atoms with van der Waals surface area (Å²) in [6.07, 6.45) is 0.816. The van der Waals surface area contributed by atoms with Gasteiger partial charge in [0.1, 0.15) is 0 Å². The maximum absolute atomic E-state index is 6.25. The van der Waals surface area contributed by atoms with Gasteiger partial charge in [0.15, 0.2) is 5.76 Å². The van der Waals surface area contributed by atoms with Gasteiger partial charge in [0.2, 0.25) is 0 Å². The number of hydrogen-bond acceptors (Lipinski definition) is 4. The van der Waals surface area contributed by atoms with Crippen LogP contribution in [0.3, 0.4) is 0 Å². The van der Waals surface area contributed by atoms with Crippen molar-refractivity contribution in [1.82, 2.24) is 5.16 Å². The average Bonchev–Trinajstić information content (AvgIpc) is 3.11. The molecule has 0 fully saturated rings. The molecule has 0 bridgehead atoms. The van der Waals surface area contributed by atoms with Crippen molar-refractivity contribution in [2.45, 2.75) is 13.3 Å². The molecule has 0 atom stereocenters. The third kappa shape index (κ3) is 3.12. The summed E-state index contributed by atoms with van der Waals surface area (Å²) < 4.78 is 10.3. The number of hydrogen-bond donors (Lipinski definition) is 0. The number of aromatic nitrogens is 1. The van der Waals surface area contributed by atoms with E-state index in [4.69, 9.17) is 20.9 Å². The summed E-state index contributed by atoms with van der Waals surface area (Å²) in [7, 11) is 1.57. The van der Waals surface area contributed by atoms with Gasteiger partial charge in [-0.05, 0) is 35.8 Å². The molecular formula is C16H14ClNO2S. The van der Waals surface area contributed by atoms with Gasteiger partial charge in [-0.3, -0.25) is 0 Å². The van der Waals surface area contributed by atoms with Gasteiger partial charge in [-0.2, -0.15) is 0 Å². The molecule has 2 heterocycles. The van der Waals surface area contributed by atoms with E-state index in [0.717, 1.165) is 27.6 Å². The maximum atomic E-state index is 6.25. The van der Waals surface area contributed by atoms with Gasteiger partial charge in [-0.1, -0.05) is 29.3 Å². The Bertz CT molecular complexity index is 763. The summed E-state index contributed by atoms with van der Waals surface area (Å²) in [5.74, 6) is 1.21. The monoisotopic (exact) mass is 319 g/mol. The number of nitrogens with zero attached hydrogens (tertiary/aromatic N) is 1. The second-order valence-corrected chi connectivity index (χ2v) is 6.35. The lowest BCUT2D eigenvalue weighted by atomic mass is 10.1. The first-order valence-electron chi connectivity index (χ1n) is 6.50. The Kier molecular flexibility index (Phi) is 3.99. The summed E-state index contributed by atoms with van der Waals surface area (Å²) in [5, 5.41) is 4.62. The second-order valence-electron chi connectivity index (χ2n) is 4.77. The number of ether oxygens (including phenoxy) is 1. The minimum atomic E-state index is 0.488. The van der Waals surface area contributed by atoms with E-state index in [2.05, 4.69) is 24.2 Å². The lowest BCUT2D eigenvalue weighted by Gasteiger charge is -2.03. The van der Waals surface area contributed by atoms with Crippen LogP contribution in [0.2, 0.25) is 5.02 Å². The van der Waals surface area contributed by atoms with E-state index < -0.39 is 0 Å². The van der Waals surface area contributed by atoms with Crippen LogP contribution < -0.4 is 4.74 Å². The molecule has 21 heavy (non-hydrogen) atoms. The van der Waals surface area contributed by atoms with Crippen LogP contribution in [0.5, 0.6) is 5.88 Å². The predicted octanol–water partition coefficient (Wildman–Crippen LogP) is 4.96. The van der Waals surface area contributed by atoms with Gasteiger partial charge in [0, 0.05) is 16.3 Å². The zero-order valence-electron chi connectivity index (χ0n) is 11.7. The topological polar surface area (TPSA) is 35.3 Å². The first-order valence-corrected chi connectivity index (χ1v) is 7.70. The van der Waals surface area contributed by atoms with Gasteiger partial charge >= 0.3 is 0 Å². The second kappa shape index (κ2) is 5.92. The first-order chi connectivity index (χ1) is 10.2. The Hall–Kier alpha value is -1.78. The molecule has 0 aliphatic heterocycles. The molecule has 0 aliphatic carbocycles. The number of thiophene rings is 1. The smallest absolute Gasteiger partial charge is 0.254 e. The van der Waals surface area contributed by atoms with Crippen LogP contribution in [-0.4, -0.2) is 12.3 Å². The molecule has 1 aromatic carbocycles. The van der Waals surface area contributed by atoms with E-state index in [1.54, 1.807) is 24.5 Å². The lowest BCUT2D eigenvalue weighted by Crippen LogP contribution is -1.87. The SMILES string of the molecule is COc1cc(-c2ccc(Cc3cc(C)ccc3Cl)s2)on1. The minimum Gasteiger partial charge on any atom is -0.479 e. The fourth-order valence-corrected chi connectivity index (χ4v) is 3.27. The van der Waals surface area contributed by atoms with Gasteiger partial charge < -0.3 is 9.26 Å². The van der Waals surface area contributed by atoms with Gasteiger partial charge in [0.05, 0.1) is 18.1 Å². The largest absolute Gasteiger partial charge is 0.479 e. The van der Waals surface area contributed by atoms with E-state index in [9.17, 15) is 0 Å². The van der Waals surface area contributed by atoms with Crippen LogP contribution in [0.4, 0.5) is 0 Å². The van der Waals surface area contributed by atoms with Crippen LogP contribution in [0.1, 0.15) is 16.0 Å². The van der Waals surface area contributed by atoms with E-state index in [1.807, 2.05) is 18.2 Å². The lowest BCUT2D eigenvalue weighted by molar-refractivity contribution is 0.343. The molecule has 0 spiro atoms. The van der Waals surface area contributed by atoms with Gasteiger partial charge in [-0.25, -0.2) is 0 Å². The van der Waals surface area contributed by atoms with Crippen molar-refractivity contribution in [2.75, 3.05) is 7.11 Å². The molecule has 0 unspecified atom stereocenters. The van der Waals surface area contributed by atoms with E-state index in [1.165, 1.54) is 10.4 Å². The average molecular weight is 320 g/mol. The van der Waals surface area contributed by atoms with Crippen LogP contribution in [0.15, 0.2) is 40.9 Å². The molecule has 0 saturated carbocycles. The van der Waals surface area contributed by atoms with E-state index in [-0.39, 0.29) is 0 Å². The molecule has 2 aromatic heterocycles. The number of halogens is 1. The highest BCUT2D eigenvalue weighted by Crippen LogP contribution is 2.32. The first kappa shape index (κ1) is 14.2. The summed E-state index contributed by atoms with van der Waals surface area (Å²) in [4.78, 5) is 2.26. The summed E-state index contributed by atoms with van der Waals surface area (Å²) in [5.41, 5.74) is 2.35. The van der Waals surface area contributed by atoms with Crippen molar-refractivity contribution in [3.05, 3.63) is 57.4 Å². The van der Waals surface area contributed by atoms with Crippen molar-refractivity contribution in [3.8, 4) is 16.5 Å². The quantitative estimate of drug-likeness (QED) is 0.681. The standard InChI is InChI=1S/C16H14ClNO2S/c1-10-3-5-13(17)11(7-10)8-12-4-6-15(21-12)14-9-16(19-2)18-20-14/h3-7,9H,8H2,1-2H3. The van der Waals surface area contributed by atoms with Crippen LogP contribution >= 0.6 is 22.9 Å². The Morgan fingerprint density at radius 3 is 2.86 bits per heavy atom. The van der Waals surface area contributed by atoms with E-state index in [0.29, 0.717) is 5.88 Å². The molecule has 3 rings (SSSR count). The molecule has 0 radical (unpaired) electrons. The summed E-state index contributed by atoms with van der Waals surface area (Å²) in [6, 6.07) is 12.0. The summed E-state index contributed by atoms with van der Waals surface area (Å²) >= 11 is 7.92. The molecule has 108 valence electrons. The zero-order chi connectivity index (χ0) is 14.8. The highest BCUT2D eigenvalue weighted by atomic mass is 35.5. The molecule has 0 amide bonds. The number of rotatable bonds is 4. The van der Waals surface area contributed by atoms with Gasteiger partial charge in [0.25, 0.3) is 5.88 Å². The highest BCUT2D eigenvalue weighted by Gasteiger charge is 2.11. The van der Waals surface area contributed by atoms with Crippen LogP contribution in [0, 0.1) is 6.92 Å². The van der Waals surface area contributed by atoms with Gasteiger partial charge in [-0.15, -0.1) is 11.3 Å². The Balaban J connectivity index is 1.83. The molecule has 0 N–H and O–H groups in total. The molecule has 0 aliphatic rings. The van der Waals surface area contributed by atoms with E-state index >= 15 is 0 Å². The van der Waals surface area contributed by atoms with Crippen LogP contribution in [0.25, 0.3) is 10.6 Å². The number of benzene rings is 1. The van der Waals surface area contributed by atoms with Crippen molar-refractivity contribution in [1.29, 1.82) is 0 Å². The van der Waals surface area contributed by atoms with Crippen LogP contribution in [-0.2, 0) is 6.42 Å². The Morgan fingerprint density at radius 2 is 2.10 bits per heavy atom. The third-order valence-electron chi connectivity index (χ3n) is 3.17. The summed E-state index contributed by atoms with van der Waals surface area (Å²) in [6.45, 7) is 2.07. The van der Waals surface area contributed by atoms with Crippen molar-refractivity contribution in [3.63, 3.8) is 0 Å².